The fraction of sp³-hybridized carbons (Fsp3) is 0.529. The molecule has 3 heterocycles. The fourth-order valence-electron chi connectivity index (χ4n) is 3.29. The zero-order chi connectivity index (χ0) is 17.8. The number of carbonyl (C=O) groups excluding carboxylic acids is 1. The standard InChI is InChI=1S/C17H19FN6O.ClH/c18-13-5-15(7-20)24(10-13)17(25)9-21-14-3-4-23(11-14)16-2-1-12(6-19)8-22-16;/h1-2,8,13-15,21H,3-5,9-11H2;1H/t13-,14+,15-;/m0./s1. The van der Waals surface area contributed by atoms with Gasteiger partial charge in [0.15, 0.2) is 0 Å². The van der Waals surface area contributed by atoms with Crippen LogP contribution in [0.2, 0.25) is 0 Å². The van der Waals surface area contributed by atoms with Gasteiger partial charge in [-0.2, -0.15) is 10.5 Å². The Kier molecular flexibility index (Phi) is 6.73. The summed E-state index contributed by atoms with van der Waals surface area (Å²) in [4.78, 5) is 19.9. The number of hydrogen-bond acceptors (Lipinski definition) is 6. The molecule has 0 saturated carbocycles. The molecule has 2 aliphatic heterocycles. The average Bonchev–Trinajstić information content (AvgIpc) is 3.26. The molecule has 138 valence electrons. The quantitative estimate of drug-likeness (QED) is 0.839. The highest BCUT2D eigenvalue weighted by Gasteiger charge is 2.35. The fourth-order valence-corrected chi connectivity index (χ4v) is 3.29. The summed E-state index contributed by atoms with van der Waals surface area (Å²) >= 11 is 0. The third-order valence-electron chi connectivity index (χ3n) is 4.65. The van der Waals surface area contributed by atoms with Crippen LogP contribution in [0.1, 0.15) is 18.4 Å². The van der Waals surface area contributed by atoms with Crippen molar-refractivity contribution in [2.75, 3.05) is 31.1 Å². The normalized spacial score (nSPS) is 24.7. The van der Waals surface area contributed by atoms with E-state index in [2.05, 4.69) is 15.2 Å². The van der Waals surface area contributed by atoms with Gasteiger partial charge in [-0.1, -0.05) is 0 Å². The molecule has 0 unspecified atom stereocenters. The molecule has 1 amide bonds. The molecule has 2 aliphatic rings. The van der Waals surface area contributed by atoms with Gasteiger partial charge in [0.2, 0.25) is 5.91 Å². The lowest BCUT2D eigenvalue weighted by atomic mass is 10.2. The Hall–Kier alpha value is -2.42. The number of pyridine rings is 1. The number of likely N-dealkylation sites (tertiary alicyclic amines) is 1. The minimum Gasteiger partial charge on any atom is -0.355 e. The van der Waals surface area contributed by atoms with E-state index in [0.29, 0.717) is 12.1 Å². The van der Waals surface area contributed by atoms with Crippen molar-refractivity contribution in [3.05, 3.63) is 23.9 Å². The number of nitrogens with one attached hydrogen (secondary N) is 1. The monoisotopic (exact) mass is 378 g/mol. The average molecular weight is 379 g/mol. The van der Waals surface area contributed by atoms with Crippen molar-refractivity contribution in [3.63, 3.8) is 0 Å². The molecule has 0 aliphatic carbocycles. The molecule has 0 spiro atoms. The lowest BCUT2D eigenvalue weighted by molar-refractivity contribution is -0.130. The van der Waals surface area contributed by atoms with Crippen LogP contribution in [0.5, 0.6) is 0 Å². The molecule has 2 fully saturated rings. The number of alkyl halides is 1. The zero-order valence-electron chi connectivity index (χ0n) is 14.1. The van der Waals surface area contributed by atoms with Crippen molar-refractivity contribution in [1.29, 1.82) is 10.5 Å². The summed E-state index contributed by atoms with van der Waals surface area (Å²) in [6, 6.07) is 7.04. The summed E-state index contributed by atoms with van der Waals surface area (Å²) in [6.07, 6.45) is 1.40. The van der Waals surface area contributed by atoms with E-state index in [9.17, 15) is 9.18 Å². The topological polar surface area (TPSA) is 96.0 Å². The summed E-state index contributed by atoms with van der Waals surface area (Å²) in [5.41, 5.74) is 0.520. The number of carbonyl (C=O) groups is 1. The molecular weight excluding hydrogens is 359 g/mol. The van der Waals surface area contributed by atoms with Crippen LogP contribution in [-0.2, 0) is 4.79 Å². The van der Waals surface area contributed by atoms with Gasteiger partial charge in [0.05, 0.1) is 24.7 Å². The molecule has 0 radical (unpaired) electrons. The number of amides is 1. The van der Waals surface area contributed by atoms with Crippen molar-refractivity contribution in [2.45, 2.75) is 31.1 Å². The second kappa shape index (κ2) is 8.79. The van der Waals surface area contributed by atoms with Gasteiger partial charge in [-0.15, -0.1) is 12.4 Å². The van der Waals surface area contributed by atoms with Gasteiger partial charge < -0.3 is 15.1 Å². The van der Waals surface area contributed by atoms with Gasteiger partial charge in [-0.05, 0) is 18.6 Å². The molecule has 3 atom stereocenters. The van der Waals surface area contributed by atoms with Gasteiger partial charge in [0.1, 0.15) is 24.1 Å². The second-order valence-electron chi connectivity index (χ2n) is 6.35. The molecule has 2 saturated heterocycles. The van der Waals surface area contributed by atoms with E-state index < -0.39 is 12.2 Å². The Morgan fingerprint density at radius 3 is 2.85 bits per heavy atom. The van der Waals surface area contributed by atoms with Crippen LogP contribution in [-0.4, -0.2) is 60.2 Å². The number of aromatic nitrogens is 1. The van der Waals surface area contributed by atoms with Gasteiger partial charge in [-0.25, -0.2) is 9.37 Å². The second-order valence-corrected chi connectivity index (χ2v) is 6.35. The van der Waals surface area contributed by atoms with E-state index in [1.165, 1.54) is 4.90 Å². The molecule has 26 heavy (non-hydrogen) atoms. The van der Waals surface area contributed by atoms with Crippen LogP contribution >= 0.6 is 12.4 Å². The first-order valence-electron chi connectivity index (χ1n) is 8.28. The summed E-state index contributed by atoms with van der Waals surface area (Å²) in [5.74, 6) is 0.570. The highest BCUT2D eigenvalue weighted by molar-refractivity contribution is 5.85. The highest BCUT2D eigenvalue weighted by atomic mass is 35.5. The number of nitrogens with zero attached hydrogens (tertiary/aromatic N) is 5. The van der Waals surface area contributed by atoms with Crippen molar-refractivity contribution in [3.8, 4) is 12.1 Å². The molecule has 1 aromatic rings. The van der Waals surface area contributed by atoms with Crippen molar-refractivity contribution < 1.29 is 9.18 Å². The maximum Gasteiger partial charge on any atom is 0.237 e. The van der Waals surface area contributed by atoms with E-state index in [0.717, 1.165) is 18.8 Å². The summed E-state index contributed by atoms with van der Waals surface area (Å²) in [6.45, 7) is 1.62. The van der Waals surface area contributed by atoms with E-state index in [1.807, 2.05) is 18.2 Å². The Morgan fingerprint density at radius 2 is 2.19 bits per heavy atom. The third-order valence-corrected chi connectivity index (χ3v) is 4.65. The summed E-state index contributed by atoms with van der Waals surface area (Å²) < 4.78 is 13.4. The van der Waals surface area contributed by atoms with Crippen molar-refractivity contribution in [2.24, 2.45) is 0 Å². The van der Waals surface area contributed by atoms with Crippen LogP contribution in [0.4, 0.5) is 10.2 Å². The predicted molar refractivity (Wildman–Crippen MR) is 95.4 cm³/mol. The van der Waals surface area contributed by atoms with Crippen LogP contribution in [0.3, 0.4) is 0 Å². The number of anilines is 1. The third kappa shape index (κ3) is 4.40. The first-order valence-corrected chi connectivity index (χ1v) is 8.28. The summed E-state index contributed by atoms with van der Waals surface area (Å²) in [5, 5.41) is 21.0. The minimum absolute atomic E-state index is 0. The van der Waals surface area contributed by atoms with Gasteiger partial charge in [0, 0.05) is 31.7 Å². The molecule has 3 rings (SSSR count). The van der Waals surface area contributed by atoms with Crippen LogP contribution < -0.4 is 10.2 Å². The smallest absolute Gasteiger partial charge is 0.237 e. The SMILES string of the molecule is Cl.N#Cc1ccc(N2CC[C@@H](NCC(=O)N3C[C@@H](F)C[C@H]3C#N)C2)nc1. The maximum atomic E-state index is 13.4. The van der Waals surface area contributed by atoms with E-state index in [-0.39, 0.29) is 43.9 Å². The summed E-state index contributed by atoms with van der Waals surface area (Å²) in [7, 11) is 0. The van der Waals surface area contributed by atoms with Gasteiger partial charge >= 0.3 is 0 Å². The first kappa shape index (κ1) is 19.9. The van der Waals surface area contributed by atoms with Crippen LogP contribution in [0.15, 0.2) is 18.3 Å². The van der Waals surface area contributed by atoms with E-state index in [1.54, 1.807) is 12.3 Å². The molecule has 1 aromatic heterocycles. The number of halogens is 2. The first-order chi connectivity index (χ1) is 12.1. The Balaban J connectivity index is 0.00000243. The number of nitriles is 2. The van der Waals surface area contributed by atoms with E-state index in [4.69, 9.17) is 10.5 Å². The maximum absolute atomic E-state index is 13.4. The van der Waals surface area contributed by atoms with Crippen LogP contribution in [0.25, 0.3) is 0 Å². The Bertz CT molecular complexity index is 715. The minimum atomic E-state index is -1.11. The Labute approximate surface area is 157 Å². The largest absolute Gasteiger partial charge is 0.355 e. The highest BCUT2D eigenvalue weighted by Crippen LogP contribution is 2.20. The van der Waals surface area contributed by atoms with Gasteiger partial charge in [0.25, 0.3) is 0 Å². The number of rotatable bonds is 4. The van der Waals surface area contributed by atoms with Crippen molar-refractivity contribution >= 4 is 24.1 Å². The van der Waals surface area contributed by atoms with Crippen molar-refractivity contribution in [1.82, 2.24) is 15.2 Å². The zero-order valence-corrected chi connectivity index (χ0v) is 15.0. The van der Waals surface area contributed by atoms with Gasteiger partial charge in [-0.3, -0.25) is 4.79 Å². The lowest BCUT2D eigenvalue weighted by Gasteiger charge is -2.21. The lowest BCUT2D eigenvalue weighted by Crippen LogP contribution is -2.44. The Morgan fingerprint density at radius 1 is 1.38 bits per heavy atom. The molecule has 0 aromatic carbocycles. The number of hydrogen-bond donors (Lipinski definition) is 1. The molecular formula is C17H20ClFN6O. The predicted octanol–water partition coefficient (Wildman–Crippen LogP) is 1.01. The molecule has 9 heteroatoms. The molecule has 1 N–H and O–H groups in total. The van der Waals surface area contributed by atoms with E-state index >= 15 is 0 Å². The molecule has 0 bridgehead atoms. The molecule has 7 nitrogen and oxygen atoms in total. The van der Waals surface area contributed by atoms with Crippen LogP contribution in [0, 0.1) is 22.7 Å².